The molecule has 0 saturated heterocycles. The van der Waals surface area contributed by atoms with Crippen molar-refractivity contribution in [2.24, 2.45) is 0 Å². The molecule has 1 heterocycles. The van der Waals surface area contributed by atoms with Crippen molar-refractivity contribution in [3.05, 3.63) is 72.6 Å². The summed E-state index contributed by atoms with van der Waals surface area (Å²) in [5, 5.41) is 2.52. The third-order valence-electron chi connectivity index (χ3n) is 4.70. The molecular formula is C21H19N3O3S. The topological polar surface area (TPSA) is 102 Å². The van der Waals surface area contributed by atoms with Crippen LogP contribution in [0.3, 0.4) is 0 Å². The van der Waals surface area contributed by atoms with Crippen LogP contribution in [0.1, 0.15) is 23.2 Å². The molecule has 0 aliphatic heterocycles. The highest BCUT2D eigenvalue weighted by Gasteiger charge is 2.36. The van der Waals surface area contributed by atoms with Crippen molar-refractivity contribution in [1.82, 2.24) is 4.98 Å². The van der Waals surface area contributed by atoms with Gasteiger partial charge in [-0.15, -0.1) is 0 Å². The number of nitrogens with one attached hydrogen (secondary N) is 1. The van der Waals surface area contributed by atoms with Crippen LogP contribution >= 0.6 is 0 Å². The number of hydrogen-bond acceptors (Lipinski definition) is 5. The molecule has 2 aromatic carbocycles. The van der Waals surface area contributed by atoms with E-state index in [1.807, 2.05) is 18.2 Å². The van der Waals surface area contributed by atoms with Gasteiger partial charge in [-0.2, -0.15) is 0 Å². The predicted octanol–water partition coefficient (Wildman–Crippen LogP) is 3.52. The number of nitrogen functional groups attached to an aromatic ring is 1. The third kappa shape index (κ3) is 3.61. The second kappa shape index (κ2) is 7.09. The smallest absolute Gasteiger partial charge is 0.255 e. The van der Waals surface area contributed by atoms with Gasteiger partial charge in [0.2, 0.25) is 0 Å². The maximum absolute atomic E-state index is 12.6. The maximum Gasteiger partial charge on any atom is 0.255 e. The molecule has 1 amide bonds. The molecule has 142 valence electrons. The number of amides is 1. The number of sulfone groups is 1. The van der Waals surface area contributed by atoms with Gasteiger partial charge in [-0.05, 0) is 60.9 Å². The first-order valence-corrected chi connectivity index (χ1v) is 10.4. The molecule has 28 heavy (non-hydrogen) atoms. The van der Waals surface area contributed by atoms with Crippen LogP contribution in [0.2, 0.25) is 0 Å². The van der Waals surface area contributed by atoms with Crippen LogP contribution < -0.4 is 11.1 Å². The third-order valence-corrected chi connectivity index (χ3v) is 6.98. The highest BCUT2D eigenvalue weighted by atomic mass is 32.2. The summed E-state index contributed by atoms with van der Waals surface area (Å²) in [6.07, 6.45) is 4.83. The number of rotatable bonds is 5. The summed E-state index contributed by atoms with van der Waals surface area (Å²) < 4.78 is 24.5. The zero-order valence-electron chi connectivity index (χ0n) is 15.0. The lowest BCUT2D eigenvalue weighted by Gasteiger charge is -2.11. The summed E-state index contributed by atoms with van der Waals surface area (Å²) in [4.78, 5) is 16.9. The lowest BCUT2D eigenvalue weighted by molar-refractivity contribution is 0.102. The number of nitrogens with zero attached hydrogens (tertiary/aromatic N) is 1. The summed E-state index contributed by atoms with van der Waals surface area (Å²) in [5.74, 6) is -0.356. The Labute approximate surface area is 163 Å². The van der Waals surface area contributed by atoms with E-state index in [2.05, 4.69) is 10.3 Å². The summed E-state index contributed by atoms with van der Waals surface area (Å²) in [6.45, 7) is 0. The van der Waals surface area contributed by atoms with Gasteiger partial charge in [-0.1, -0.05) is 12.1 Å². The van der Waals surface area contributed by atoms with Gasteiger partial charge in [0.15, 0.2) is 9.84 Å². The van der Waals surface area contributed by atoms with Crippen molar-refractivity contribution < 1.29 is 13.2 Å². The number of carbonyl (C=O) groups is 1. The predicted molar refractivity (Wildman–Crippen MR) is 109 cm³/mol. The lowest BCUT2D eigenvalue weighted by atomic mass is 10.1. The molecule has 6 nitrogen and oxygen atoms in total. The Morgan fingerprint density at radius 2 is 1.79 bits per heavy atom. The summed E-state index contributed by atoms with van der Waals surface area (Å²) in [7, 11) is -3.27. The fourth-order valence-electron chi connectivity index (χ4n) is 2.94. The maximum atomic E-state index is 12.6. The minimum absolute atomic E-state index is 0.254. The monoisotopic (exact) mass is 393 g/mol. The number of benzene rings is 2. The number of aromatic nitrogens is 1. The lowest BCUT2D eigenvalue weighted by Crippen LogP contribution is -2.14. The molecule has 1 saturated carbocycles. The minimum atomic E-state index is -3.27. The Bertz CT molecular complexity index is 1120. The highest BCUT2D eigenvalue weighted by Crippen LogP contribution is 2.33. The van der Waals surface area contributed by atoms with E-state index in [-0.39, 0.29) is 16.1 Å². The number of carbonyl (C=O) groups excluding carboxylic acids is 1. The van der Waals surface area contributed by atoms with Gasteiger partial charge in [0.1, 0.15) is 0 Å². The minimum Gasteiger partial charge on any atom is -0.397 e. The van der Waals surface area contributed by atoms with E-state index in [9.17, 15) is 13.2 Å². The average Bonchev–Trinajstić information content (AvgIpc) is 3.56. The van der Waals surface area contributed by atoms with Gasteiger partial charge in [-0.25, -0.2) is 8.42 Å². The van der Waals surface area contributed by atoms with Crippen LogP contribution in [0.4, 0.5) is 11.4 Å². The molecule has 1 aromatic heterocycles. The van der Waals surface area contributed by atoms with E-state index < -0.39 is 9.84 Å². The second-order valence-electron chi connectivity index (χ2n) is 6.77. The molecule has 0 unspecified atom stereocenters. The van der Waals surface area contributed by atoms with Crippen molar-refractivity contribution in [1.29, 1.82) is 0 Å². The number of anilines is 2. The van der Waals surface area contributed by atoms with E-state index in [1.54, 1.807) is 24.5 Å². The first-order chi connectivity index (χ1) is 13.4. The molecule has 0 spiro atoms. The van der Waals surface area contributed by atoms with E-state index in [1.165, 1.54) is 24.3 Å². The fourth-order valence-corrected chi connectivity index (χ4v) is 4.60. The normalized spacial score (nSPS) is 13.9. The van der Waals surface area contributed by atoms with Gasteiger partial charge < -0.3 is 11.1 Å². The van der Waals surface area contributed by atoms with Gasteiger partial charge in [0.25, 0.3) is 5.91 Å². The summed E-state index contributed by atoms with van der Waals surface area (Å²) in [5.41, 5.74) is 9.08. The van der Waals surface area contributed by atoms with Crippen molar-refractivity contribution in [2.75, 3.05) is 11.1 Å². The average molecular weight is 393 g/mol. The molecule has 3 aromatic rings. The summed E-state index contributed by atoms with van der Waals surface area (Å²) in [6, 6.07) is 15.1. The molecule has 0 atom stereocenters. The zero-order valence-corrected chi connectivity index (χ0v) is 15.8. The molecule has 0 bridgehead atoms. The van der Waals surface area contributed by atoms with Gasteiger partial charge in [0.05, 0.1) is 21.5 Å². The standard InChI is InChI=1S/C21H19N3O3S/c22-19-10-5-15(16-2-1-11-23-13-16)12-20(19)24-21(25)14-3-6-17(7-4-14)28(26,27)18-8-9-18/h1-7,10-13,18H,8-9,22H2,(H,24,25). The number of hydrogen-bond donors (Lipinski definition) is 2. The van der Waals surface area contributed by atoms with Crippen molar-refractivity contribution in [2.45, 2.75) is 23.0 Å². The zero-order chi connectivity index (χ0) is 19.7. The van der Waals surface area contributed by atoms with Crippen LogP contribution in [0.5, 0.6) is 0 Å². The quantitative estimate of drug-likeness (QED) is 0.646. The fraction of sp³-hybridized carbons (Fsp3) is 0.143. The largest absolute Gasteiger partial charge is 0.397 e. The Morgan fingerprint density at radius 3 is 2.43 bits per heavy atom. The molecule has 1 fully saturated rings. The van der Waals surface area contributed by atoms with E-state index in [0.29, 0.717) is 29.8 Å². The van der Waals surface area contributed by atoms with Crippen LogP contribution in [-0.2, 0) is 9.84 Å². The van der Waals surface area contributed by atoms with Gasteiger partial charge in [-0.3, -0.25) is 9.78 Å². The Morgan fingerprint density at radius 1 is 1.04 bits per heavy atom. The first-order valence-electron chi connectivity index (χ1n) is 8.90. The highest BCUT2D eigenvalue weighted by molar-refractivity contribution is 7.92. The van der Waals surface area contributed by atoms with Crippen molar-refractivity contribution >= 4 is 27.1 Å². The molecule has 4 rings (SSSR count). The molecule has 1 aliphatic carbocycles. The van der Waals surface area contributed by atoms with Crippen LogP contribution in [0.15, 0.2) is 71.9 Å². The van der Waals surface area contributed by atoms with Crippen molar-refractivity contribution in [3.8, 4) is 11.1 Å². The number of pyridine rings is 1. The Balaban J connectivity index is 1.55. The van der Waals surface area contributed by atoms with Crippen LogP contribution in [0.25, 0.3) is 11.1 Å². The first kappa shape index (κ1) is 18.2. The summed E-state index contributed by atoms with van der Waals surface area (Å²) >= 11 is 0. The Kier molecular flexibility index (Phi) is 4.60. The molecule has 0 radical (unpaired) electrons. The molecular weight excluding hydrogens is 374 g/mol. The number of nitrogens with two attached hydrogens (primary N) is 1. The van der Waals surface area contributed by atoms with E-state index in [4.69, 9.17) is 5.73 Å². The van der Waals surface area contributed by atoms with Gasteiger partial charge >= 0.3 is 0 Å². The van der Waals surface area contributed by atoms with Crippen molar-refractivity contribution in [3.63, 3.8) is 0 Å². The van der Waals surface area contributed by atoms with Gasteiger partial charge in [0, 0.05) is 23.5 Å². The second-order valence-corrected chi connectivity index (χ2v) is 8.99. The van der Waals surface area contributed by atoms with Crippen LogP contribution in [-0.4, -0.2) is 24.6 Å². The van der Waals surface area contributed by atoms with E-state index in [0.717, 1.165) is 11.1 Å². The molecule has 3 N–H and O–H groups in total. The van der Waals surface area contributed by atoms with Crippen LogP contribution in [0, 0.1) is 0 Å². The Hall–Kier alpha value is -3.19. The molecule has 7 heteroatoms. The molecule has 1 aliphatic rings. The SMILES string of the molecule is Nc1ccc(-c2cccnc2)cc1NC(=O)c1ccc(S(=O)(=O)C2CC2)cc1. The van der Waals surface area contributed by atoms with E-state index >= 15 is 0 Å².